The van der Waals surface area contributed by atoms with E-state index < -0.39 is 0 Å². The van der Waals surface area contributed by atoms with Crippen LogP contribution in [-0.4, -0.2) is 39.0 Å². The quantitative estimate of drug-likeness (QED) is 0.569. The minimum atomic E-state index is -0.223. The summed E-state index contributed by atoms with van der Waals surface area (Å²) in [6.45, 7) is 1.94. The lowest BCUT2D eigenvalue weighted by Gasteiger charge is -2.09. The maximum atomic E-state index is 12.5. The number of hydrogen-bond donors (Lipinski definition) is 1. The first-order valence-corrected chi connectivity index (χ1v) is 9.06. The van der Waals surface area contributed by atoms with Crippen molar-refractivity contribution in [2.24, 2.45) is 0 Å². The van der Waals surface area contributed by atoms with Crippen LogP contribution in [0.3, 0.4) is 0 Å². The predicted octanol–water partition coefficient (Wildman–Crippen LogP) is 2.48. The molecule has 0 radical (unpaired) electrons. The highest BCUT2D eigenvalue weighted by atomic mass is 32.1. The highest BCUT2D eigenvalue weighted by molar-refractivity contribution is 7.12. The Hall–Kier alpha value is -3.20. The Kier molecular flexibility index (Phi) is 4.36. The molecular weight excluding hydrogens is 366 g/mol. The van der Waals surface area contributed by atoms with Crippen LogP contribution >= 0.6 is 11.3 Å². The topological polar surface area (TPSA) is 94.9 Å². The SMILES string of the molecule is COc1cc2nc(Cc3cnn(-c4nc(C)cs4)c3)[nH]c(=O)c2cc1OC. The number of H-pyrrole nitrogens is 1. The van der Waals surface area contributed by atoms with Gasteiger partial charge in [-0.2, -0.15) is 5.10 Å². The summed E-state index contributed by atoms with van der Waals surface area (Å²) < 4.78 is 12.3. The Labute approximate surface area is 158 Å². The summed E-state index contributed by atoms with van der Waals surface area (Å²) in [7, 11) is 3.08. The van der Waals surface area contributed by atoms with E-state index in [4.69, 9.17) is 9.47 Å². The van der Waals surface area contributed by atoms with E-state index in [-0.39, 0.29) is 5.56 Å². The van der Waals surface area contributed by atoms with Crippen molar-refractivity contribution in [1.82, 2.24) is 24.7 Å². The van der Waals surface area contributed by atoms with Gasteiger partial charge >= 0.3 is 0 Å². The van der Waals surface area contributed by atoms with Crippen LogP contribution in [0.4, 0.5) is 0 Å². The Bertz CT molecular complexity index is 1180. The minimum Gasteiger partial charge on any atom is -0.493 e. The van der Waals surface area contributed by atoms with Gasteiger partial charge in [0.05, 0.1) is 37.0 Å². The summed E-state index contributed by atoms with van der Waals surface area (Å²) in [6, 6.07) is 3.33. The molecule has 9 heteroatoms. The van der Waals surface area contributed by atoms with Gasteiger partial charge in [0.25, 0.3) is 5.56 Å². The van der Waals surface area contributed by atoms with Crippen molar-refractivity contribution in [3.63, 3.8) is 0 Å². The third kappa shape index (κ3) is 3.28. The summed E-state index contributed by atoms with van der Waals surface area (Å²) in [5, 5.41) is 7.56. The average molecular weight is 383 g/mol. The van der Waals surface area contributed by atoms with Gasteiger partial charge in [0.1, 0.15) is 5.82 Å². The zero-order valence-corrected chi connectivity index (χ0v) is 15.8. The van der Waals surface area contributed by atoms with E-state index in [9.17, 15) is 4.79 Å². The molecule has 8 nitrogen and oxygen atoms in total. The molecule has 0 aliphatic heterocycles. The highest BCUT2D eigenvalue weighted by Gasteiger charge is 2.12. The van der Waals surface area contributed by atoms with Gasteiger partial charge < -0.3 is 14.5 Å². The van der Waals surface area contributed by atoms with Gasteiger partial charge in [-0.05, 0) is 18.6 Å². The Balaban J connectivity index is 1.68. The second-order valence-corrected chi connectivity index (χ2v) is 6.81. The lowest BCUT2D eigenvalue weighted by atomic mass is 10.2. The van der Waals surface area contributed by atoms with Crippen LogP contribution in [-0.2, 0) is 6.42 Å². The third-order valence-electron chi connectivity index (χ3n) is 4.07. The number of methoxy groups -OCH3 is 2. The molecule has 1 N–H and O–H groups in total. The molecule has 0 saturated heterocycles. The van der Waals surface area contributed by atoms with Gasteiger partial charge in [-0.25, -0.2) is 14.6 Å². The van der Waals surface area contributed by atoms with Crippen molar-refractivity contribution in [3.05, 3.63) is 57.3 Å². The number of nitrogens with one attached hydrogen (secondary N) is 1. The molecule has 0 bridgehead atoms. The van der Waals surface area contributed by atoms with Gasteiger partial charge in [0.2, 0.25) is 5.13 Å². The number of aromatic nitrogens is 5. The van der Waals surface area contributed by atoms with E-state index in [0.29, 0.717) is 34.6 Å². The van der Waals surface area contributed by atoms with Crippen molar-refractivity contribution in [2.75, 3.05) is 14.2 Å². The van der Waals surface area contributed by atoms with E-state index in [1.807, 2.05) is 18.5 Å². The second kappa shape index (κ2) is 6.84. The smallest absolute Gasteiger partial charge is 0.258 e. The maximum Gasteiger partial charge on any atom is 0.258 e. The fraction of sp³-hybridized carbons (Fsp3) is 0.222. The van der Waals surface area contributed by atoms with Crippen molar-refractivity contribution >= 4 is 22.2 Å². The summed E-state index contributed by atoms with van der Waals surface area (Å²) in [5.74, 6) is 1.57. The molecule has 0 amide bonds. The molecular formula is C18H17N5O3S. The lowest BCUT2D eigenvalue weighted by molar-refractivity contribution is 0.355. The van der Waals surface area contributed by atoms with E-state index in [1.165, 1.54) is 18.4 Å². The molecule has 0 unspecified atom stereocenters. The zero-order valence-electron chi connectivity index (χ0n) is 15.0. The number of benzene rings is 1. The monoisotopic (exact) mass is 383 g/mol. The predicted molar refractivity (Wildman–Crippen MR) is 102 cm³/mol. The number of fused-ring (bicyclic) bond motifs is 1. The number of thiazole rings is 1. The van der Waals surface area contributed by atoms with Crippen LogP contribution in [0.5, 0.6) is 11.5 Å². The average Bonchev–Trinajstić information content (AvgIpc) is 3.29. The molecule has 3 heterocycles. The number of hydrogen-bond acceptors (Lipinski definition) is 7. The largest absolute Gasteiger partial charge is 0.493 e. The third-order valence-corrected chi connectivity index (χ3v) is 5.02. The Morgan fingerprint density at radius 1 is 1.19 bits per heavy atom. The van der Waals surface area contributed by atoms with E-state index in [1.54, 1.807) is 30.1 Å². The van der Waals surface area contributed by atoms with Crippen molar-refractivity contribution in [1.29, 1.82) is 0 Å². The number of nitrogens with zero attached hydrogens (tertiary/aromatic N) is 4. The van der Waals surface area contributed by atoms with Gasteiger partial charge in [0, 0.05) is 24.1 Å². The number of aryl methyl sites for hydroxylation is 1. The van der Waals surface area contributed by atoms with Crippen molar-refractivity contribution in [2.45, 2.75) is 13.3 Å². The molecule has 27 heavy (non-hydrogen) atoms. The molecule has 3 aromatic heterocycles. The minimum absolute atomic E-state index is 0.223. The molecule has 1 aromatic carbocycles. The standard InChI is InChI=1S/C18H17N5O3S/c1-10-9-27-18(20-10)23-8-11(7-19-23)4-16-21-13-6-15(26-3)14(25-2)5-12(13)17(24)22-16/h5-9H,4H2,1-3H3,(H,21,22,24). The zero-order chi connectivity index (χ0) is 19.0. The molecule has 138 valence electrons. The van der Waals surface area contributed by atoms with E-state index in [0.717, 1.165) is 16.4 Å². The van der Waals surface area contributed by atoms with Crippen LogP contribution in [0, 0.1) is 6.92 Å². The first-order chi connectivity index (χ1) is 13.1. The molecule has 0 aliphatic carbocycles. The molecule has 4 rings (SSSR count). The van der Waals surface area contributed by atoms with Gasteiger partial charge in [0.15, 0.2) is 11.5 Å². The highest BCUT2D eigenvalue weighted by Crippen LogP contribution is 2.30. The molecule has 0 fully saturated rings. The lowest BCUT2D eigenvalue weighted by Crippen LogP contribution is -2.12. The van der Waals surface area contributed by atoms with Crippen LogP contribution in [0.25, 0.3) is 16.0 Å². The Morgan fingerprint density at radius 3 is 2.67 bits per heavy atom. The molecule has 0 saturated carbocycles. The fourth-order valence-corrected chi connectivity index (χ4v) is 3.53. The summed E-state index contributed by atoms with van der Waals surface area (Å²) >= 11 is 1.52. The maximum absolute atomic E-state index is 12.5. The number of aromatic amines is 1. The first-order valence-electron chi connectivity index (χ1n) is 8.18. The number of rotatable bonds is 5. The number of ether oxygens (including phenoxy) is 2. The molecule has 4 aromatic rings. The van der Waals surface area contributed by atoms with Gasteiger partial charge in [-0.3, -0.25) is 4.79 Å². The first kappa shape index (κ1) is 17.2. The van der Waals surface area contributed by atoms with Gasteiger partial charge in [-0.1, -0.05) is 0 Å². The van der Waals surface area contributed by atoms with Crippen molar-refractivity contribution in [3.8, 4) is 16.6 Å². The van der Waals surface area contributed by atoms with Crippen LogP contribution in [0.1, 0.15) is 17.1 Å². The van der Waals surface area contributed by atoms with Crippen LogP contribution < -0.4 is 15.0 Å². The van der Waals surface area contributed by atoms with Gasteiger partial charge in [-0.15, -0.1) is 11.3 Å². The normalized spacial score (nSPS) is 11.1. The van der Waals surface area contributed by atoms with Crippen LogP contribution in [0.2, 0.25) is 0 Å². The van der Waals surface area contributed by atoms with E-state index >= 15 is 0 Å². The Morgan fingerprint density at radius 2 is 1.96 bits per heavy atom. The second-order valence-electron chi connectivity index (χ2n) is 5.98. The summed E-state index contributed by atoms with van der Waals surface area (Å²) in [4.78, 5) is 24.3. The van der Waals surface area contributed by atoms with Crippen LogP contribution in [0.15, 0.2) is 34.7 Å². The molecule has 0 atom stereocenters. The summed E-state index contributed by atoms with van der Waals surface area (Å²) in [6.07, 6.45) is 4.08. The molecule has 0 aliphatic rings. The summed E-state index contributed by atoms with van der Waals surface area (Å²) in [5.41, 5.74) is 2.20. The van der Waals surface area contributed by atoms with E-state index in [2.05, 4.69) is 20.1 Å². The van der Waals surface area contributed by atoms with Crippen molar-refractivity contribution < 1.29 is 9.47 Å². The fourth-order valence-electron chi connectivity index (χ4n) is 2.79. The molecule has 0 spiro atoms.